The van der Waals surface area contributed by atoms with Gasteiger partial charge >= 0.3 is 5.69 Å². The summed E-state index contributed by atoms with van der Waals surface area (Å²) in [6.45, 7) is 4.88. The number of rotatable bonds is 7. The Kier molecular flexibility index (Phi) is 4.94. The van der Waals surface area contributed by atoms with Crippen molar-refractivity contribution in [2.45, 2.75) is 32.6 Å². The van der Waals surface area contributed by atoms with Gasteiger partial charge in [0.2, 0.25) is 5.82 Å². The molecule has 0 spiro atoms. The van der Waals surface area contributed by atoms with E-state index in [2.05, 4.69) is 15.7 Å². The highest BCUT2D eigenvalue weighted by Gasteiger charge is 2.26. The molecule has 7 heteroatoms. The van der Waals surface area contributed by atoms with Crippen LogP contribution < -0.4 is 10.6 Å². The molecule has 0 amide bonds. The van der Waals surface area contributed by atoms with Gasteiger partial charge in [-0.05, 0) is 38.3 Å². The second-order valence-corrected chi connectivity index (χ2v) is 5.35. The fourth-order valence-electron chi connectivity index (χ4n) is 2.72. The van der Waals surface area contributed by atoms with Crippen LogP contribution in [0.4, 0.5) is 11.5 Å². The number of nitrogens with zero attached hydrogens (tertiary/aromatic N) is 3. The number of aromatic nitrogens is 2. The van der Waals surface area contributed by atoms with E-state index in [1.165, 1.54) is 6.42 Å². The van der Waals surface area contributed by atoms with Crippen LogP contribution in [0.15, 0.2) is 0 Å². The maximum absolute atomic E-state index is 11.3. The van der Waals surface area contributed by atoms with Gasteiger partial charge in [0.05, 0.1) is 4.92 Å². The Morgan fingerprint density at radius 2 is 2.40 bits per heavy atom. The smallest absolute Gasteiger partial charge is 0.333 e. The zero-order valence-corrected chi connectivity index (χ0v) is 12.2. The normalized spacial score (nSPS) is 18.4. The minimum Gasteiger partial charge on any atom is -0.365 e. The van der Waals surface area contributed by atoms with Crippen molar-refractivity contribution in [3.8, 4) is 0 Å². The molecule has 1 aliphatic heterocycles. The van der Waals surface area contributed by atoms with Crippen molar-refractivity contribution in [3.63, 3.8) is 0 Å². The predicted molar refractivity (Wildman–Crippen MR) is 77.9 cm³/mol. The third-order valence-corrected chi connectivity index (χ3v) is 3.77. The molecule has 20 heavy (non-hydrogen) atoms. The molecule has 0 aliphatic carbocycles. The van der Waals surface area contributed by atoms with E-state index in [0.29, 0.717) is 23.9 Å². The van der Waals surface area contributed by atoms with Gasteiger partial charge in [-0.15, -0.1) is 0 Å². The van der Waals surface area contributed by atoms with Gasteiger partial charge in [0.1, 0.15) is 5.69 Å². The topological polar surface area (TPSA) is 85.0 Å². The summed E-state index contributed by atoms with van der Waals surface area (Å²) in [4.78, 5) is 10.9. The molecule has 1 fully saturated rings. The van der Waals surface area contributed by atoms with E-state index in [1.807, 2.05) is 6.92 Å². The molecule has 7 nitrogen and oxygen atoms in total. The summed E-state index contributed by atoms with van der Waals surface area (Å²) in [5.74, 6) is 1.20. The second kappa shape index (κ2) is 6.69. The Bertz CT molecular complexity index is 466. The molecule has 0 saturated carbocycles. The number of aryl methyl sites for hydroxylation is 2. The molecule has 1 saturated heterocycles. The largest absolute Gasteiger partial charge is 0.365 e. The minimum absolute atomic E-state index is 0.138. The van der Waals surface area contributed by atoms with Gasteiger partial charge in [0, 0.05) is 13.6 Å². The van der Waals surface area contributed by atoms with Crippen LogP contribution in [0.2, 0.25) is 0 Å². The van der Waals surface area contributed by atoms with E-state index in [4.69, 9.17) is 0 Å². The van der Waals surface area contributed by atoms with Gasteiger partial charge in [-0.25, -0.2) is 4.68 Å². The lowest BCUT2D eigenvalue weighted by Gasteiger charge is -2.09. The van der Waals surface area contributed by atoms with Crippen LogP contribution in [0.25, 0.3) is 0 Å². The van der Waals surface area contributed by atoms with Crippen molar-refractivity contribution in [1.82, 2.24) is 15.1 Å². The van der Waals surface area contributed by atoms with Crippen molar-refractivity contribution >= 4 is 11.5 Å². The van der Waals surface area contributed by atoms with Crippen molar-refractivity contribution in [1.29, 1.82) is 0 Å². The van der Waals surface area contributed by atoms with Crippen molar-refractivity contribution < 1.29 is 4.92 Å². The predicted octanol–water partition coefficient (Wildman–Crippen LogP) is 1.69. The number of hydrogen-bond donors (Lipinski definition) is 2. The Morgan fingerprint density at radius 3 is 3.00 bits per heavy atom. The van der Waals surface area contributed by atoms with Gasteiger partial charge in [0.25, 0.3) is 0 Å². The average molecular weight is 281 g/mol. The molecule has 2 N–H and O–H groups in total. The monoisotopic (exact) mass is 281 g/mol. The first-order valence-corrected chi connectivity index (χ1v) is 7.28. The molecule has 2 heterocycles. The van der Waals surface area contributed by atoms with Gasteiger partial charge in [0.15, 0.2) is 0 Å². The number of anilines is 1. The first kappa shape index (κ1) is 14.8. The molecule has 112 valence electrons. The number of nitrogens with one attached hydrogen (secondary N) is 2. The van der Waals surface area contributed by atoms with Crippen LogP contribution in [-0.2, 0) is 13.5 Å². The molecule has 1 atom stereocenters. The molecule has 1 aromatic rings. The molecule has 1 aromatic heterocycles. The molecular weight excluding hydrogens is 258 g/mol. The van der Waals surface area contributed by atoms with Crippen LogP contribution in [-0.4, -0.2) is 34.3 Å². The van der Waals surface area contributed by atoms with E-state index >= 15 is 0 Å². The van der Waals surface area contributed by atoms with Gasteiger partial charge in [-0.2, -0.15) is 5.10 Å². The maximum atomic E-state index is 11.3. The SMILES string of the molecule is CCCc1nn(C)c(NCCC2CCNC2)c1[N+](=O)[O-]. The van der Waals surface area contributed by atoms with Crippen molar-refractivity contribution in [3.05, 3.63) is 15.8 Å². The van der Waals surface area contributed by atoms with E-state index < -0.39 is 0 Å². The fourth-order valence-corrected chi connectivity index (χ4v) is 2.72. The highest BCUT2D eigenvalue weighted by molar-refractivity contribution is 5.59. The summed E-state index contributed by atoms with van der Waals surface area (Å²) in [5.41, 5.74) is 0.712. The summed E-state index contributed by atoms with van der Waals surface area (Å²) in [7, 11) is 1.76. The van der Waals surface area contributed by atoms with Crippen LogP contribution >= 0.6 is 0 Å². The Balaban J connectivity index is 2.03. The average Bonchev–Trinajstić information content (AvgIpc) is 2.99. The first-order chi connectivity index (χ1) is 9.63. The third kappa shape index (κ3) is 3.27. The molecular formula is C13H23N5O2. The summed E-state index contributed by atoms with van der Waals surface area (Å²) < 4.78 is 1.59. The lowest BCUT2D eigenvalue weighted by molar-refractivity contribution is -0.384. The lowest BCUT2D eigenvalue weighted by atomic mass is 10.1. The highest BCUT2D eigenvalue weighted by Crippen LogP contribution is 2.29. The molecule has 0 radical (unpaired) electrons. The Hall–Kier alpha value is -1.63. The van der Waals surface area contributed by atoms with Gasteiger partial charge in [-0.1, -0.05) is 13.3 Å². The van der Waals surface area contributed by atoms with Crippen molar-refractivity contribution in [2.75, 3.05) is 25.0 Å². The van der Waals surface area contributed by atoms with E-state index in [9.17, 15) is 10.1 Å². The lowest BCUT2D eigenvalue weighted by Crippen LogP contribution is -2.14. The first-order valence-electron chi connectivity index (χ1n) is 7.28. The molecule has 0 aromatic carbocycles. The summed E-state index contributed by atoms with van der Waals surface area (Å²) >= 11 is 0. The Morgan fingerprint density at radius 1 is 1.60 bits per heavy atom. The zero-order valence-electron chi connectivity index (χ0n) is 12.2. The van der Waals surface area contributed by atoms with E-state index in [1.54, 1.807) is 11.7 Å². The van der Waals surface area contributed by atoms with E-state index in [0.717, 1.165) is 32.5 Å². The molecule has 2 rings (SSSR count). The van der Waals surface area contributed by atoms with Crippen LogP contribution in [0.1, 0.15) is 31.9 Å². The standard InChI is InChI=1S/C13H23N5O2/c1-3-4-11-12(18(19)20)13(17(2)16-11)15-8-6-10-5-7-14-9-10/h10,14-15H,3-9H2,1-2H3. The highest BCUT2D eigenvalue weighted by atomic mass is 16.6. The van der Waals surface area contributed by atoms with Crippen LogP contribution in [0.5, 0.6) is 0 Å². The second-order valence-electron chi connectivity index (χ2n) is 5.35. The fraction of sp³-hybridized carbons (Fsp3) is 0.769. The molecule has 1 unspecified atom stereocenters. The maximum Gasteiger partial charge on any atom is 0.333 e. The summed E-state index contributed by atoms with van der Waals surface area (Å²) in [6.07, 6.45) is 3.71. The number of nitro groups is 1. The minimum atomic E-state index is -0.322. The summed E-state index contributed by atoms with van der Waals surface area (Å²) in [6, 6.07) is 0. The van der Waals surface area contributed by atoms with Gasteiger partial charge in [-0.3, -0.25) is 10.1 Å². The van der Waals surface area contributed by atoms with Crippen LogP contribution in [0.3, 0.4) is 0 Å². The third-order valence-electron chi connectivity index (χ3n) is 3.77. The molecule has 0 bridgehead atoms. The van der Waals surface area contributed by atoms with Crippen LogP contribution in [0, 0.1) is 16.0 Å². The van der Waals surface area contributed by atoms with Gasteiger partial charge < -0.3 is 10.6 Å². The van der Waals surface area contributed by atoms with Crippen molar-refractivity contribution in [2.24, 2.45) is 13.0 Å². The quantitative estimate of drug-likeness (QED) is 0.587. The summed E-state index contributed by atoms with van der Waals surface area (Å²) in [5, 5.41) is 22.1. The number of hydrogen-bond acceptors (Lipinski definition) is 5. The van der Waals surface area contributed by atoms with E-state index in [-0.39, 0.29) is 10.6 Å². The molecule has 1 aliphatic rings. The Labute approximate surface area is 118 Å². The zero-order chi connectivity index (χ0) is 14.5.